The van der Waals surface area contributed by atoms with E-state index in [4.69, 9.17) is 0 Å². The third-order valence-corrected chi connectivity index (χ3v) is 10.3. The highest BCUT2D eigenvalue weighted by molar-refractivity contribution is 6.37. The molecule has 0 N–H and O–H groups in total. The van der Waals surface area contributed by atoms with Crippen molar-refractivity contribution in [2.75, 3.05) is 4.90 Å². The van der Waals surface area contributed by atoms with E-state index < -0.39 is 0 Å². The highest BCUT2D eigenvalue weighted by Crippen LogP contribution is 2.47. The van der Waals surface area contributed by atoms with E-state index in [2.05, 4.69) is 79.9 Å². The van der Waals surface area contributed by atoms with Crippen LogP contribution in [0.15, 0.2) is 164 Å². The van der Waals surface area contributed by atoms with Crippen molar-refractivity contribution in [3.63, 3.8) is 0 Å². The predicted octanol–water partition coefficient (Wildman–Crippen LogP) is 11.9. The fraction of sp³-hybridized carbons (Fsp3) is 0.0833. The van der Waals surface area contributed by atoms with Gasteiger partial charge in [0.15, 0.2) is 0 Å². The second-order valence-corrected chi connectivity index (χ2v) is 14.5. The molecule has 1 aliphatic rings. The molecule has 0 radical (unpaired) electrons. The lowest BCUT2D eigenvalue weighted by Crippen LogP contribution is -2.30. The molecule has 2 heterocycles. The molecule has 4 nitrogen and oxygen atoms in total. The average Bonchev–Trinajstić information content (AvgIpc) is 3.65. The number of aromatic nitrogens is 1. The SMILES string of the molecule is CC(C)(C)c1ccc2c3ccccc3n(-c3cccc4c3C(=O)N(c3c(-c5ccccc5)cc(-c5ccccc5)cc3-c3ccccc3)C4=O)c2c1. The van der Waals surface area contributed by atoms with E-state index in [1.165, 1.54) is 10.5 Å². The molecular weight excluding hydrogens is 637 g/mol. The quantitative estimate of drug-likeness (QED) is 0.171. The number of carbonyl (C=O) groups is 2. The Kier molecular flexibility index (Phi) is 7.30. The minimum atomic E-state index is -0.338. The van der Waals surface area contributed by atoms with Crippen LogP contribution in [0.1, 0.15) is 47.1 Å². The van der Waals surface area contributed by atoms with Crippen LogP contribution in [0, 0.1) is 0 Å². The minimum Gasteiger partial charge on any atom is -0.308 e. The van der Waals surface area contributed by atoms with Crippen molar-refractivity contribution < 1.29 is 9.59 Å². The number of anilines is 1. The van der Waals surface area contributed by atoms with Crippen LogP contribution in [0.25, 0.3) is 60.9 Å². The van der Waals surface area contributed by atoms with Gasteiger partial charge in [0, 0.05) is 21.9 Å². The van der Waals surface area contributed by atoms with Gasteiger partial charge in [-0.3, -0.25) is 9.59 Å². The monoisotopic (exact) mass is 672 g/mol. The second kappa shape index (κ2) is 12.1. The Morgan fingerprint density at radius 2 is 1.00 bits per heavy atom. The summed E-state index contributed by atoms with van der Waals surface area (Å²) in [5.41, 5.74) is 10.7. The number of rotatable bonds is 5. The summed E-state index contributed by atoms with van der Waals surface area (Å²) in [7, 11) is 0. The van der Waals surface area contributed by atoms with Gasteiger partial charge in [0.05, 0.1) is 33.5 Å². The van der Waals surface area contributed by atoms with E-state index in [0.29, 0.717) is 22.5 Å². The molecule has 1 aliphatic heterocycles. The van der Waals surface area contributed by atoms with Crippen LogP contribution in [0.3, 0.4) is 0 Å². The van der Waals surface area contributed by atoms with Crippen molar-refractivity contribution in [1.29, 1.82) is 0 Å². The molecule has 1 aromatic heterocycles. The number of hydrogen-bond donors (Lipinski definition) is 0. The lowest BCUT2D eigenvalue weighted by atomic mass is 9.86. The number of benzene rings is 7. The number of para-hydroxylation sites is 1. The number of hydrogen-bond acceptors (Lipinski definition) is 2. The van der Waals surface area contributed by atoms with Crippen LogP contribution >= 0.6 is 0 Å². The van der Waals surface area contributed by atoms with Crippen LogP contribution in [-0.2, 0) is 5.41 Å². The van der Waals surface area contributed by atoms with E-state index in [1.54, 1.807) is 6.07 Å². The lowest BCUT2D eigenvalue weighted by molar-refractivity contribution is 0.0926. The molecule has 0 fully saturated rings. The maximum atomic E-state index is 15.2. The van der Waals surface area contributed by atoms with Gasteiger partial charge in [0.2, 0.25) is 0 Å². The molecule has 0 spiro atoms. The molecule has 0 atom stereocenters. The van der Waals surface area contributed by atoms with E-state index in [1.807, 2.05) is 103 Å². The Morgan fingerprint density at radius 1 is 0.442 bits per heavy atom. The molecule has 9 rings (SSSR count). The minimum absolute atomic E-state index is 0.0791. The molecule has 8 aromatic rings. The average molecular weight is 673 g/mol. The van der Waals surface area contributed by atoms with E-state index in [9.17, 15) is 4.79 Å². The van der Waals surface area contributed by atoms with Crippen molar-refractivity contribution in [3.05, 3.63) is 180 Å². The topological polar surface area (TPSA) is 42.3 Å². The Balaban J connectivity index is 1.32. The summed E-state index contributed by atoms with van der Waals surface area (Å²) < 4.78 is 2.17. The van der Waals surface area contributed by atoms with Crippen LogP contribution in [0.2, 0.25) is 0 Å². The molecule has 0 saturated carbocycles. The van der Waals surface area contributed by atoms with Gasteiger partial charge < -0.3 is 4.57 Å². The fourth-order valence-corrected chi connectivity index (χ4v) is 7.70. The highest BCUT2D eigenvalue weighted by atomic mass is 16.2. The first-order valence-electron chi connectivity index (χ1n) is 17.7. The van der Waals surface area contributed by atoms with Gasteiger partial charge in [-0.2, -0.15) is 0 Å². The zero-order valence-electron chi connectivity index (χ0n) is 29.3. The van der Waals surface area contributed by atoms with Gasteiger partial charge in [-0.1, -0.05) is 148 Å². The third kappa shape index (κ3) is 4.98. The van der Waals surface area contributed by atoms with Crippen molar-refractivity contribution >= 4 is 39.3 Å². The molecule has 4 heteroatoms. The summed E-state index contributed by atoms with van der Waals surface area (Å²) in [6.45, 7) is 6.62. The summed E-state index contributed by atoms with van der Waals surface area (Å²) in [5.74, 6) is -0.671. The largest absolute Gasteiger partial charge is 0.308 e. The normalized spacial score (nSPS) is 12.9. The molecule has 0 bridgehead atoms. The zero-order valence-corrected chi connectivity index (χ0v) is 29.3. The van der Waals surface area contributed by atoms with Crippen LogP contribution < -0.4 is 4.90 Å². The number of carbonyl (C=O) groups excluding carboxylic acids is 2. The number of fused-ring (bicyclic) bond motifs is 4. The van der Waals surface area contributed by atoms with Gasteiger partial charge in [0.1, 0.15) is 0 Å². The van der Waals surface area contributed by atoms with E-state index in [0.717, 1.165) is 55.2 Å². The van der Waals surface area contributed by atoms with Crippen molar-refractivity contribution in [2.45, 2.75) is 26.2 Å². The first-order valence-corrected chi connectivity index (χ1v) is 17.7. The van der Waals surface area contributed by atoms with E-state index >= 15 is 4.79 Å². The molecular formula is C48H36N2O2. The van der Waals surface area contributed by atoms with Gasteiger partial charge >= 0.3 is 0 Å². The van der Waals surface area contributed by atoms with Gasteiger partial charge in [-0.05, 0) is 69.6 Å². The standard InChI is InChI=1S/C48H36N2O2/c1-48(2,3)35-26-27-37-36-22-13-14-24-41(36)49(43(37)30-35)42-25-15-23-38-44(42)47(52)50(46(38)51)45-39(32-18-9-5-10-19-32)28-34(31-16-7-4-8-17-31)29-40(45)33-20-11-6-12-21-33/h4-30H,1-3H3. The van der Waals surface area contributed by atoms with E-state index in [-0.39, 0.29) is 17.2 Å². The van der Waals surface area contributed by atoms with Gasteiger partial charge in [-0.15, -0.1) is 0 Å². The summed E-state index contributed by atoms with van der Waals surface area (Å²) in [4.78, 5) is 31.5. The van der Waals surface area contributed by atoms with Crippen molar-refractivity contribution in [2.24, 2.45) is 0 Å². The summed E-state index contributed by atoms with van der Waals surface area (Å²) in [6, 6.07) is 55.1. The maximum absolute atomic E-state index is 15.2. The zero-order chi connectivity index (χ0) is 35.6. The number of imide groups is 1. The highest BCUT2D eigenvalue weighted by Gasteiger charge is 2.41. The summed E-state index contributed by atoms with van der Waals surface area (Å²) in [6.07, 6.45) is 0. The van der Waals surface area contributed by atoms with Crippen molar-refractivity contribution in [1.82, 2.24) is 4.57 Å². The molecule has 2 amide bonds. The Bertz CT molecular complexity index is 2620. The van der Waals surface area contributed by atoms with Gasteiger partial charge in [-0.25, -0.2) is 4.90 Å². The van der Waals surface area contributed by atoms with Crippen LogP contribution in [-0.4, -0.2) is 16.4 Å². The lowest BCUT2D eigenvalue weighted by Gasteiger charge is -2.24. The molecule has 0 unspecified atom stereocenters. The molecule has 250 valence electrons. The summed E-state index contributed by atoms with van der Waals surface area (Å²) in [5, 5.41) is 2.20. The van der Waals surface area contributed by atoms with Crippen molar-refractivity contribution in [3.8, 4) is 39.1 Å². The maximum Gasteiger partial charge on any atom is 0.268 e. The number of nitrogens with zero attached hydrogens (tertiary/aromatic N) is 2. The van der Waals surface area contributed by atoms with Crippen LogP contribution in [0.5, 0.6) is 0 Å². The smallest absolute Gasteiger partial charge is 0.268 e. The molecule has 0 aliphatic carbocycles. The molecule has 7 aromatic carbocycles. The Labute approximate surface area is 303 Å². The fourth-order valence-electron chi connectivity index (χ4n) is 7.70. The second-order valence-electron chi connectivity index (χ2n) is 14.5. The third-order valence-electron chi connectivity index (χ3n) is 10.3. The first-order chi connectivity index (χ1) is 25.3. The van der Waals surface area contributed by atoms with Gasteiger partial charge in [0.25, 0.3) is 11.8 Å². The summed E-state index contributed by atoms with van der Waals surface area (Å²) >= 11 is 0. The Morgan fingerprint density at radius 3 is 1.62 bits per heavy atom. The number of amides is 2. The molecule has 52 heavy (non-hydrogen) atoms. The Hall–Kier alpha value is -6.52. The molecule has 0 saturated heterocycles. The predicted molar refractivity (Wildman–Crippen MR) is 213 cm³/mol. The first kappa shape index (κ1) is 31.5. The van der Waals surface area contributed by atoms with Crippen LogP contribution in [0.4, 0.5) is 5.69 Å².